The van der Waals surface area contributed by atoms with Crippen molar-refractivity contribution in [1.29, 1.82) is 0 Å². The summed E-state index contributed by atoms with van der Waals surface area (Å²) in [6.45, 7) is 0. The molecule has 2 aliphatic rings. The minimum absolute atomic E-state index is 0.0341. The lowest BCUT2D eigenvalue weighted by Gasteiger charge is -2.23. The van der Waals surface area contributed by atoms with Gasteiger partial charge in [-0.15, -0.1) is 11.6 Å². The number of H-pyrrole nitrogens is 1. The van der Waals surface area contributed by atoms with E-state index in [1.807, 2.05) is 6.07 Å². The summed E-state index contributed by atoms with van der Waals surface area (Å²) in [4.78, 5) is 11.7. The van der Waals surface area contributed by atoms with Crippen LogP contribution < -0.4 is 0 Å². The van der Waals surface area contributed by atoms with Crippen LogP contribution in [0.2, 0.25) is 0 Å². The van der Waals surface area contributed by atoms with Crippen molar-refractivity contribution < 1.29 is 9.53 Å². The molecule has 2 aliphatic carbocycles. The summed E-state index contributed by atoms with van der Waals surface area (Å²) in [5, 5.41) is 11.2. The van der Waals surface area contributed by atoms with Crippen molar-refractivity contribution >= 4 is 34.2 Å². The van der Waals surface area contributed by atoms with Crippen molar-refractivity contribution in [2.24, 2.45) is 11.8 Å². The van der Waals surface area contributed by atoms with Gasteiger partial charge in [0.2, 0.25) is 0 Å². The van der Waals surface area contributed by atoms with Crippen molar-refractivity contribution in [1.82, 2.24) is 15.4 Å². The topological polar surface area (TPSA) is 67.9 Å². The van der Waals surface area contributed by atoms with E-state index in [1.54, 1.807) is 0 Å². The minimum atomic E-state index is -0.120. The van der Waals surface area contributed by atoms with Gasteiger partial charge >= 0.3 is 5.97 Å². The predicted octanol–water partition coefficient (Wildman–Crippen LogP) is 4.00. The average molecular weight is 346 g/mol. The molecule has 2 unspecified atom stereocenters. The van der Waals surface area contributed by atoms with Crippen LogP contribution in [0.5, 0.6) is 0 Å². The van der Waals surface area contributed by atoms with Crippen LogP contribution in [0.4, 0.5) is 0 Å². The van der Waals surface area contributed by atoms with E-state index in [4.69, 9.17) is 16.3 Å². The Balaban J connectivity index is 1.72. The fourth-order valence-electron chi connectivity index (χ4n) is 3.58. The summed E-state index contributed by atoms with van der Waals surface area (Å²) in [5.41, 5.74) is 5.22. The van der Waals surface area contributed by atoms with E-state index >= 15 is 0 Å². The number of nitrogens with zero attached hydrogens (tertiary/aromatic N) is 2. The van der Waals surface area contributed by atoms with Crippen molar-refractivity contribution in [2.45, 2.75) is 37.5 Å². The van der Waals surface area contributed by atoms with E-state index in [-0.39, 0.29) is 17.3 Å². The van der Waals surface area contributed by atoms with E-state index < -0.39 is 0 Å². The minimum Gasteiger partial charge on any atom is -0.469 e. The Morgan fingerprint density at radius 1 is 1.33 bits per heavy atom. The number of hydrogen-bond donors (Lipinski definition) is 1. The number of alkyl halides is 1. The molecule has 1 N–H and O–H groups in total. The lowest BCUT2D eigenvalue weighted by Crippen LogP contribution is -2.18. The molecule has 5 nitrogen and oxygen atoms in total. The van der Waals surface area contributed by atoms with Gasteiger partial charge in [0.25, 0.3) is 0 Å². The standard InChI is InChI=1S/C18H20ClN3O2/c1-24-18(23)12-6-2-10(3-7-12)13-8-9-14-17(21-22-20-14)15(13)16(19)11-4-5-11/h2,8-9,11-12,16H,3-7H2,1H3,(H,20,21,22). The van der Waals surface area contributed by atoms with Crippen LogP contribution in [-0.4, -0.2) is 28.5 Å². The molecule has 0 saturated heterocycles. The Bertz CT molecular complexity index is 810. The fraction of sp³-hybridized carbons (Fsp3) is 0.500. The van der Waals surface area contributed by atoms with Gasteiger partial charge in [-0.1, -0.05) is 12.1 Å². The number of hydrogen-bond acceptors (Lipinski definition) is 4. The number of esters is 1. The molecule has 1 heterocycles. The zero-order chi connectivity index (χ0) is 16.7. The first-order chi connectivity index (χ1) is 11.7. The van der Waals surface area contributed by atoms with E-state index in [2.05, 4.69) is 27.6 Å². The smallest absolute Gasteiger partial charge is 0.308 e. The lowest BCUT2D eigenvalue weighted by atomic mass is 9.84. The molecule has 6 heteroatoms. The summed E-state index contributed by atoms with van der Waals surface area (Å²) >= 11 is 6.78. The molecule has 0 spiro atoms. The Hall–Kier alpha value is -1.88. The summed E-state index contributed by atoms with van der Waals surface area (Å²) in [7, 11) is 1.45. The Labute approximate surface area is 145 Å². The lowest BCUT2D eigenvalue weighted by molar-refractivity contribution is -0.145. The van der Waals surface area contributed by atoms with Crippen molar-refractivity contribution in [3.63, 3.8) is 0 Å². The summed E-state index contributed by atoms with van der Waals surface area (Å²) in [5.74, 6) is 0.374. The number of aromatic amines is 1. The highest BCUT2D eigenvalue weighted by molar-refractivity contribution is 6.22. The fourth-order valence-corrected chi connectivity index (χ4v) is 4.05. The van der Waals surface area contributed by atoms with E-state index in [1.165, 1.54) is 25.5 Å². The second-order valence-corrected chi connectivity index (χ2v) is 7.15. The molecular formula is C18H20ClN3O2. The summed E-state index contributed by atoms with van der Waals surface area (Å²) in [6, 6.07) is 4.09. The number of fused-ring (bicyclic) bond motifs is 1. The number of carbonyl (C=O) groups is 1. The Kier molecular flexibility index (Phi) is 4.04. The van der Waals surface area contributed by atoms with Gasteiger partial charge in [-0.25, -0.2) is 0 Å². The van der Waals surface area contributed by atoms with Crippen LogP contribution in [0.25, 0.3) is 16.6 Å². The molecule has 1 aromatic carbocycles. The zero-order valence-corrected chi connectivity index (χ0v) is 14.3. The first kappa shape index (κ1) is 15.6. The largest absolute Gasteiger partial charge is 0.469 e. The molecular weight excluding hydrogens is 326 g/mol. The zero-order valence-electron chi connectivity index (χ0n) is 13.6. The molecule has 0 radical (unpaired) electrons. The number of carbonyl (C=O) groups excluding carboxylic acids is 1. The normalized spacial score (nSPS) is 22.2. The van der Waals surface area contributed by atoms with Gasteiger partial charge in [-0.05, 0) is 55.2 Å². The molecule has 0 aliphatic heterocycles. The number of rotatable bonds is 4. The molecule has 0 amide bonds. The molecule has 126 valence electrons. The van der Waals surface area contributed by atoms with Crippen molar-refractivity contribution in [3.8, 4) is 0 Å². The maximum Gasteiger partial charge on any atom is 0.308 e. The third-order valence-corrected chi connectivity index (χ3v) is 5.71. The van der Waals surface area contributed by atoms with Gasteiger partial charge in [0, 0.05) is 5.56 Å². The molecule has 0 bridgehead atoms. The summed E-state index contributed by atoms with van der Waals surface area (Å²) < 4.78 is 4.87. The molecule has 2 atom stereocenters. The van der Waals surface area contributed by atoms with Gasteiger partial charge in [-0.3, -0.25) is 4.79 Å². The van der Waals surface area contributed by atoms with Crippen LogP contribution >= 0.6 is 11.6 Å². The Morgan fingerprint density at radius 3 is 2.83 bits per heavy atom. The molecule has 1 fully saturated rings. The molecule has 24 heavy (non-hydrogen) atoms. The second kappa shape index (κ2) is 6.20. The van der Waals surface area contributed by atoms with Gasteiger partial charge in [0.1, 0.15) is 11.0 Å². The van der Waals surface area contributed by atoms with Crippen LogP contribution in [0.3, 0.4) is 0 Å². The number of methoxy groups -OCH3 is 1. The van der Waals surface area contributed by atoms with E-state index in [9.17, 15) is 4.79 Å². The number of ether oxygens (including phenoxy) is 1. The second-order valence-electron chi connectivity index (χ2n) is 6.68. The first-order valence-corrected chi connectivity index (χ1v) is 8.87. The Morgan fingerprint density at radius 2 is 2.17 bits per heavy atom. The SMILES string of the molecule is COC(=O)C1CC=C(c2ccc3n[nH]nc3c2C(Cl)C2CC2)CC1. The highest BCUT2D eigenvalue weighted by Crippen LogP contribution is 2.49. The van der Waals surface area contributed by atoms with Crippen LogP contribution in [0.1, 0.15) is 48.6 Å². The maximum atomic E-state index is 11.7. The molecule has 1 saturated carbocycles. The van der Waals surface area contributed by atoms with Crippen molar-refractivity contribution in [3.05, 3.63) is 29.3 Å². The highest BCUT2D eigenvalue weighted by atomic mass is 35.5. The quantitative estimate of drug-likeness (QED) is 0.671. The molecule has 1 aromatic heterocycles. The number of benzene rings is 1. The van der Waals surface area contributed by atoms with Gasteiger partial charge in [0.15, 0.2) is 0 Å². The average Bonchev–Trinajstić information content (AvgIpc) is 3.37. The van der Waals surface area contributed by atoms with E-state index in [0.29, 0.717) is 12.3 Å². The van der Waals surface area contributed by atoms with Crippen molar-refractivity contribution in [2.75, 3.05) is 7.11 Å². The van der Waals surface area contributed by atoms with Crippen LogP contribution in [0, 0.1) is 11.8 Å². The highest BCUT2D eigenvalue weighted by Gasteiger charge is 2.35. The molecule has 2 aromatic rings. The van der Waals surface area contributed by atoms with Crippen LogP contribution in [-0.2, 0) is 9.53 Å². The molecule has 4 rings (SSSR count). The van der Waals surface area contributed by atoms with Crippen LogP contribution in [0.15, 0.2) is 18.2 Å². The third kappa shape index (κ3) is 2.71. The summed E-state index contributed by atoms with van der Waals surface area (Å²) in [6.07, 6.45) is 6.88. The van der Waals surface area contributed by atoms with Gasteiger partial charge in [0.05, 0.1) is 18.4 Å². The maximum absolute atomic E-state index is 11.7. The number of allylic oxidation sites excluding steroid dienone is 2. The third-order valence-electron chi connectivity index (χ3n) is 5.13. The number of aromatic nitrogens is 3. The first-order valence-electron chi connectivity index (χ1n) is 8.43. The number of halogens is 1. The van der Waals surface area contributed by atoms with Gasteiger partial charge in [-0.2, -0.15) is 15.4 Å². The predicted molar refractivity (Wildman–Crippen MR) is 92.5 cm³/mol. The van der Waals surface area contributed by atoms with E-state index in [0.717, 1.165) is 35.0 Å². The number of nitrogens with one attached hydrogen (secondary N) is 1. The monoisotopic (exact) mass is 345 g/mol. The van der Waals surface area contributed by atoms with Gasteiger partial charge < -0.3 is 4.74 Å².